The van der Waals surface area contributed by atoms with Gasteiger partial charge < -0.3 is 15.6 Å². The Morgan fingerprint density at radius 1 is 1.50 bits per heavy atom. The number of ether oxygens (including phenoxy) is 1. The highest BCUT2D eigenvalue weighted by Crippen LogP contribution is 2.34. The third-order valence-electron chi connectivity index (χ3n) is 3.28. The second kappa shape index (κ2) is 4.49. The molecule has 0 aromatic heterocycles. The van der Waals surface area contributed by atoms with Gasteiger partial charge in [0.15, 0.2) is 0 Å². The summed E-state index contributed by atoms with van der Waals surface area (Å²) in [6.45, 7) is 0.770. The van der Waals surface area contributed by atoms with Crippen molar-refractivity contribution in [3.63, 3.8) is 0 Å². The van der Waals surface area contributed by atoms with E-state index in [1.807, 2.05) is 0 Å². The third kappa shape index (κ3) is 1.84. The zero-order chi connectivity index (χ0) is 11.6. The van der Waals surface area contributed by atoms with Crippen molar-refractivity contribution in [1.29, 1.82) is 0 Å². The minimum absolute atomic E-state index is 0.0474. The maximum Gasteiger partial charge on any atom is 0.128 e. The van der Waals surface area contributed by atoms with Crippen molar-refractivity contribution in [3.8, 4) is 0 Å². The van der Waals surface area contributed by atoms with Crippen molar-refractivity contribution in [2.45, 2.75) is 12.0 Å². The van der Waals surface area contributed by atoms with Crippen LogP contribution in [-0.4, -0.2) is 24.9 Å². The quantitative estimate of drug-likeness (QED) is 0.789. The fourth-order valence-corrected chi connectivity index (χ4v) is 2.23. The second-order valence-corrected chi connectivity index (χ2v) is 4.24. The Hall–Kier alpha value is -0.970. The molecule has 0 amide bonds. The van der Waals surface area contributed by atoms with Gasteiger partial charge in [0.2, 0.25) is 0 Å². The Labute approximate surface area is 94.0 Å². The molecule has 3 nitrogen and oxygen atoms in total. The predicted molar refractivity (Wildman–Crippen MR) is 58.3 cm³/mol. The Kier molecular flexibility index (Phi) is 3.23. The number of rotatable bonds is 2. The van der Waals surface area contributed by atoms with Crippen LogP contribution >= 0.6 is 0 Å². The average molecular weight is 225 g/mol. The maximum absolute atomic E-state index is 13.7. The van der Waals surface area contributed by atoms with Gasteiger partial charge in [-0.15, -0.1) is 0 Å². The van der Waals surface area contributed by atoms with E-state index in [1.165, 1.54) is 6.07 Å². The van der Waals surface area contributed by atoms with Gasteiger partial charge in [-0.05, 0) is 12.5 Å². The smallest absolute Gasteiger partial charge is 0.128 e. The Morgan fingerprint density at radius 2 is 2.25 bits per heavy atom. The zero-order valence-electron chi connectivity index (χ0n) is 9.03. The molecule has 0 spiro atoms. The summed E-state index contributed by atoms with van der Waals surface area (Å²) in [6.07, 6.45) is 0.654. The molecule has 1 heterocycles. The van der Waals surface area contributed by atoms with Gasteiger partial charge >= 0.3 is 0 Å². The van der Waals surface area contributed by atoms with Crippen LogP contribution in [0, 0.1) is 11.7 Å². The number of benzene rings is 1. The largest absolute Gasteiger partial charge is 0.396 e. The maximum atomic E-state index is 13.7. The van der Waals surface area contributed by atoms with Gasteiger partial charge in [-0.1, -0.05) is 18.2 Å². The molecule has 4 heteroatoms. The van der Waals surface area contributed by atoms with Crippen LogP contribution in [0.3, 0.4) is 0 Å². The molecule has 1 aliphatic rings. The van der Waals surface area contributed by atoms with Crippen molar-refractivity contribution >= 4 is 0 Å². The number of aliphatic hydroxyl groups is 1. The summed E-state index contributed by atoms with van der Waals surface area (Å²) in [6, 6.07) is 6.41. The lowest BCUT2D eigenvalue weighted by Crippen LogP contribution is -2.53. The predicted octanol–water partition coefficient (Wildman–Crippen LogP) is 1.01. The molecule has 2 atom stereocenters. The summed E-state index contributed by atoms with van der Waals surface area (Å²) in [5.41, 5.74) is 5.72. The summed E-state index contributed by atoms with van der Waals surface area (Å²) in [5.74, 6) is -0.493. The van der Waals surface area contributed by atoms with Gasteiger partial charge in [-0.2, -0.15) is 0 Å². The van der Waals surface area contributed by atoms with E-state index in [9.17, 15) is 9.50 Å². The van der Waals surface area contributed by atoms with Crippen molar-refractivity contribution in [2.75, 3.05) is 19.8 Å². The van der Waals surface area contributed by atoms with Crippen molar-refractivity contribution in [1.82, 2.24) is 0 Å². The minimum Gasteiger partial charge on any atom is -0.396 e. The molecule has 0 bridgehead atoms. The van der Waals surface area contributed by atoms with E-state index in [1.54, 1.807) is 18.2 Å². The summed E-state index contributed by atoms with van der Waals surface area (Å²) in [5, 5.41) is 9.32. The van der Waals surface area contributed by atoms with E-state index < -0.39 is 5.54 Å². The summed E-state index contributed by atoms with van der Waals surface area (Å²) < 4.78 is 19.0. The first kappa shape index (κ1) is 11.5. The topological polar surface area (TPSA) is 55.5 Å². The third-order valence-corrected chi connectivity index (χ3v) is 3.28. The molecule has 1 aliphatic heterocycles. The highest BCUT2D eigenvalue weighted by Gasteiger charge is 2.40. The van der Waals surface area contributed by atoms with E-state index in [-0.39, 0.29) is 24.9 Å². The van der Waals surface area contributed by atoms with Gasteiger partial charge in [0, 0.05) is 24.7 Å². The molecule has 1 aromatic rings. The van der Waals surface area contributed by atoms with Crippen LogP contribution in [0.5, 0.6) is 0 Å². The van der Waals surface area contributed by atoms with Crippen LogP contribution in [0.15, 0.2) is 24.3 Å². The van der Waals surface area contributed by atoms with E-state index >= 15 is 0 Å². The first-order valence-corrected chi connectivity index (χ1v) is 5.41. The highest BCUT2D eigenvalue weighted by molar-refractivity contribution is 5.27. The molecular formula is C12H16FNO2. The number of halogens is 1. The van der Waals surface area contributed by atoms with Gasteiger partial charge in [-0.25, -0.2) is 4.39 Å². The van der Waals surface area contributed by atoms with E-state index in [0.717, 1.165) is 0 Å². The van der Waals surface area contributed by atoms with Crippen LogP contribution in [-0.2, 0) is 10.3 Å². The van der Waals surface area contributed by atoms with Gasteiger partial charge in [0.25, 0.3) is 0 Å². The molecule has 16 heavy (non-hydrogen) atoms. The molecule has 1 fully saturated rings. The second-order valence-electron chi connectivity index (χ2n) is 4.24. The summed E-state index contributed by atoms with van der Waals surface area (Å²) >= 11 is 0. The molecule has 0 unspecified atom stereocenters. The standard InChI is InChI=1S/C12H16FNO2/c13-11-4-2-1-3-10(11)12(14)8-16-6-5-9(12)7-15/h1-4,9,15H,5-8,14H2/t9-,12+/m1/s1. The SMILES string of the molecule is N[C@@]1(c2ccccc2F)COCC[C@@H]1CO. The fraction of sp³-hybridized carbons (Fsp3) is 0.500. The number of nitrogens with two attached hydrogens (primary N) is 1. The van der Waals surface area contributed by atoms with E-state index in [4.69, 9.17) is 10.5 Å². The highest BCUT2D eigenvalue weighted by atomic mass is 19.1. The Balaban J connectivity index is 2.39. The van der Waals surface area contributed by atoms with Crippen LogP contribution < -0.4 is 5.73 Å². The van der Waals surface area contributed by atoms with Crippen molar-refractivity contribution in [3.05, 3.63) is 35.6 Å². The van der Waals surface area contributed by atoms with E-state index in [0.29, 0.717) is 18.6 Å². The van der Waals surface area contributed by atoms with Gasteiger partial charge in [0.05, 0.1) is 12.1 Å². The van der Waals surface area contributed by atoms with Gasteiger partial charge in [0.1, 0.15) is 5.82 Å². The molecule has 0 radical (unpaired) electrons. The lowest BCUT2D eigenvalue weighted by molar-refractivity contribution is -0.0243. The number of hydrogen-bond donors (Lipinski definition) is 2. The first-order valence-electron chi connectivity index (χ1n) is 5.41. The lowest BCUT2D eigenvalue weighted by Gasteiger charge is -2.40. The molecule has 0 aliphatic carbocycles. The van der Waals surface area contributed by atoms with Crippen LogP contribution in [0.4, 0.5) is 4.39 Å². The summed E-state index contributed by atoms with van der Waals surface area (Å²) in [7, 11) is 0. The van der Waals surface area contributed by atoms with Gasteiger partial charge in [-0.3, -0.25) is 0 Å². The number of aliphatic hydroxyl groups excluding tert-OH is 1. The Bertz CT molecular complexity index is 372. The molecular weight excluding hydrogens is 209 g/mol. The molecule has 1 aromatic carbocycles. The summed E-state index contributed by atoms with van der Waals surface area (Å²) in [4.78, 5) is 0. The molecule has 0 saturated carbocycles. The van der Waals surface area contributed by atoms with E-state index in [2.05, 4.69) is 0 Å². The monoisotopic (exact) mass is 225 g/mol. The average Bonchev–Trinajstić information content (AvgIpc) is 2.30. The first-order chi connectivity index (χ1) is 7.68. The Morgan fingerprint density at radius 3 is 2.94 bits per heavy atom. The normalized spacial score (nSPS) is 30.3. The number of hydrogen-bond acceptors (Lipinski definition) is 3. The lowest BCUT2D eigenvalue weighted by atomic mass is 9.76. The van der Waals surface area contributed by atoms with Crippen LogP contribution in [0.25, 0.3) is 0 Å². The molecule has 3 N–H and O–H groups in total. The van der Waals surface area contributed by atoms with Crippen LogP contribution in [0.1, 0.15) is 12.0 Å². The van der Waals surface area contributed by atoms with Crippen molar-refractivity contribution in [2.24, 2.45) is 11.7 Å². The van der Waals surface area contributed by atoms with Crippen molar-refractivity contribution < 1.29 is 14.2 Å². The molecule has 2 rings (SSSR count). The molecule has 88 valence electrons. The minimum atomic E-state index is -0.918. The molecule has 1 saturated heterocycles. The zero-order valence-corrected chi connectivity index (χ0v) is 9.03. The fourth-order valence-electron chi connectivity index (χ4n) is 2.23. The van der Waals surface area contributed by atoms with Crippen LogP contribution in [0.2, 0.25) is 0 Å².